The van der Waals surface area contributed by atoms with Crippen LogP contribution >= 0.6 is 11.3 Å². The monoisotopic (exact) mass is 455 g/mol. The van der Waals surface area contributed by atoms with E-state index in [1.807, 2.05) is 6.07 Å². The van der Waals surface area contributed by atoms with Gasteiger partial charge in [0.15, 0.2) is 5.13 Å². The van der Waals surface area contributed by atoms with Gasteiger partial charge < -0.3 is 0 Å². The molecule has 6 nitrogen and oxygen atoms in total. The van der Waals surface area contributed by atoms with Gasteiger partial charge in [0.2, 0.25) is 0 Å². The van der Waals surface area contributed by atoms with Gasteiger partial charge in [0.25, 0.3) is 15.9 Å². The first-order chi connectivity index (χ1) is 14.9. The van der Waals surface area contributed by atoms with Crippen molar-refractivity contribution in [1.82, 2.24) is 4.98 Å². The van der Waals surface area contributed by atoms with Crippen molar-refractivity contribution < 1.29 is 13.2 Å². The molecule has 31 heavy (non-hydrogen) atoms. The van der Waals surface area contributed by atoms with Crippen molar-refractivity contribution in [3.8, 4) is 0 Å². The standard InChI is InChI=1S/C23H25N3O3S2/c1-3-26(18-9-5-4-6-10-18)31(28,29)21-15-17(14-13-16(21)2)22(27)25-23-24-19-11-7-8-12-20(19)30-23/h4-6,9-10,13-15H,3,7-8,11-12H2,1-2H3,(H,24,25,27). The van der Waals surface area contributed by atoms with Gasteiger partial charge in [0, 0.05) is 17.0 Å². The number of benzene rings is 2. The first kappa shape index (κ1) is 21.5. The number of rotatable bonds is 6. The smallest absolute Gasteiger partial charge is 0.264 e. The molecule has 1 aliphatic carbocycles. The zero-order valence-electron chi connectivity index (χ0n) is 17.6. The Hall–Kier alpha value is -2.71. The Morgan fingerprint density at radius 2 is 1.87 bits per heavy atom. The average Bonchev–Trinajstić information content (AvgIpc) is 3.17. The maximum absolute atomic E-state index is 13.4. The zero-order valence-corrected chi connectivity index (χ0v) is 19.2. The lowest BCUT2D eigenvalue weighted by molar-refractivity contribution is 0.102. The summed E-state index contributed by atoms with van der Waals surface area (Å²) in [5, 5.41) is 3.42. The lowest BCUT2D eigenvalue weighted by Gasteiger charge is -2.24. The van der Waals surface area contributed by atoms with Crippen molar-refractivity contribution in [3.05, 3.63) is 70.2 Å². The largest absolute Gasteiger partial charge is 0.298 e. The van der Waals surface area contributed by atoms with Crippen molar-refractivity contribution in [3.63, 3.8) is 0 Å². The zero-order chi connectivity index (χ0) is 22.0. The van der Waals surface area contributed by atoms with Crippen LogP contribution in [0.3, 0.4) is 0 Å². The fourth-order valence-electron chi connectivity index (χ4n) is 3.80. The van der Waals surface area contributed by atoms with Crippen LogP contribution in [-0.4, -0.2) is 25.9 Å². The lowest BCUT2D eigenvalue weighted by Crippen LogP contribution is -2.31. The van der Waals surface area contributed by atoms with E-state index in [-0.39, 0.29) is 17.3 Å². The van der Waals surface area contributed by atoms with E-state index in [1.54, 1.807) is 50.2 Å². The number of thiazole rings is 1. The molecule has 0 saturated heterocycles. The number of para-hydroxylation sites is 1. The molecule has 162 valence electrons. The summed E-state index contributed by atoms with van der Waals surface area (Å²) >= 11 is 1.51. The molecule has 0 spiro atoms. The predicted octanol–water partition coefficient (Wildman–Crippen LogP) is 4.80. The summed E-state index contributed by atoms with van der Waals surface area (Å²) in [4.78, 5) is 18.8. The summed E-state index contributed by atoms with van der Waals surface area (Å²) in [5.74, 6) is -0.356. The van der Waals surface area contributed by atoms with Crippen molar-refractivity contribution in [2.24, 2.45) is 0 Å². The number of hydrogen-bond acceptors (Lipinski definition) is 5. The highest BCUT2D eigenvalue weighted by molar-refractivity contribution is 7.92. The first-order valence-corrected chi connectivity index (χ1v) is 12.6. The molecule has 1 amide bonds. The van der Waals surface area contributed by atoms with Gasteiger partial charge in [-0.05, 0) is 69.4 Å². The van der Waals surface area contributed by atoms with Gasteiger partial charge in [-0.25, -0.2) is 13.4 Å². The second-order valence-corrected chi connectivity index (χ2v) is 10.5. The van der Waals surface area contributed by atoms with Gasteiger partial charge in [-0.15, -0.1) is 11.3 Å². The molecule has 8 heteroatoms. The number of anilines is 2. The maximum atomic E-state index is 13.4. The number of aromatic nitrogens is 1. The summed E-state index contributed by atoms with van der Waals surface area (Å²) in [6, 6.07) is 13.8. The molecular weight excluding hydrogens is 430 g/mol. The van der Waals surface area contributed by atoms with Crippen molar-refractivity contribution in [2.75, 3.05) is 16.2 Å². The molecule has 1 aromatic heterocycles. The lowest BCUT2D eigenvalue weighted by atomic mass is 10.0. The molecular formula is C23H25N3O3S2. The van der Waals surface area contributed by atoms with Gasteiger partial charge >= 0.3 is 0 Å². The number of sulfonamides is 1. The van der Waals surface area contributed by atoms with E-state index in [4.69, 9.17) is 0 Å². The van der Waals surface area contributed by atoms with Crippen LogP contribution in [0.4, 0.5) is 10.8 Å². The molecule has 0 saturated carbocycles. The van der Waals surface area contributed by atoms with Crippen LogP contribution in [0.1, 0.15) is 46.3 Å². The number of nitrogens with one attached hydrogen (secondary N) is 1. The molecule has 0 unspecified atom stereocenters. The minimum atomic E-state index is -3.83. The number of carbonyl (C=O) groups excluding carboxylic acids is 1. The van der Waals surface area contributed by atoms with E-state index in [9.17, 15) is 13.2 Å². The van der Waals surface area contributed by atoms with E-state index in [0.29, 0.717) is 21.9 Å². The third-order valence-corrected chi connectivity index (χ3v) is 8.53. The van der Waals surface area contributed by atoms with Gasteiger partial charge in [0.1, 0.15) is 0 Å². The second kappa shape index (κ2) is 8.80. The Kier molecular flexibility index (Phi) is 6.11. The molecule has 1 aliphatic rings. The first-order valence-electron chi connectivity index (χ1n) is 10.4. The quantitative estimate of drug-likeness (QED) is 0.579. The van der Waals surface area contributed by atoms with Crippen LogP contribution in [0, 0.1) is 6.92 Å². The number of amides is 1. The van der Waals surface area contributed by atoms with E-state index in [2.05, 4.69) is 10.3 Å². The van der Waals surface area contributed by atoms with E-state index < -0.39 is 10.0 Å². The fourth-order valence-corrected chi connectivity index (χ4v) is 6.57. The van der Waals surface area contributed by atoms with Crippen LogP contribution in [0.25, 0.3) is 0 Å². The Balaban J connectivity index is 1.63. The maximum Gasteiger partial charge on any atom is 0.264 e. The molecule has 4 rings (SSSR count). The molecule has 0 bridgehead atoms. The Labute approximate surface area is 187 Å². The van der Waals surface area contributed by atoms with Crippen molar-refractivity contribution in [1.29, 1.82) is 0 Å². The summed E-state index contributed by atoms with van der Waals surface area (Å²) in [6.07, 6.45) is 4.22. The molecule has 0 radical (unpaired) electrons. The van der Waals surface area contributed by atoms with Crippen LogP contribution in [0.5, 0.6) is 0 Å². The number of carbonyl (C=O) groups is 1. The molecule has 3 aromatic rings. The summed E-state index contributed by atoms with van der Waals surface area (Å²) in [7, 11) is -3.83. The number of aryl methyl sites for hydroxylation is 3. The average molecular weight is 456 g/mol. The Morgan fingerprint density at radius 1 is 1.13 bits per heavy atom. The molecule has 0 fully saturated rings. The Morgan fingerprint density at radius 3 is 2.58 bits per heavy atom. The van der Waals surface area contributed by atoms with Crippen molar-refractivity contribution >= 4 is 38.1 Å². The highest BCUT2D eigenvalue weighted by Crippen LogP contribution is 2.30. The summed E-state index contributed by atoms with van der Waals surface area (Å²) in [6.45, 7) is 3.82. The summed E-state index contributed by atoms with van der Waals surface area (Å²) < 4.78 is 28.2. The third-order valence-electron chi connectivity index (χ3n) is 5.42. The van der Waals surface area contributed by atoms with E-state index in [1.165, 1.54) is 26.6 Å². The minimum Gasteiger partial charge on any atom is -0.298 e. The van der Waals surface area contributed by atoms with Crippen LogP contribution in [0.2, 0.25) is 0 Å². The number of fused-ring (bicyclic) bond motifs is 1. The van der Waals surface area contributed by atoms with Crippen LogP contribution < -0.4 is 9.62 Å². The fraction of sp³-hybridized carbons (Fsp3) is 0.304. The van der Waals surface area contributed by atoms with Gasteiger partial charge in [-0.1, -0.05) is 24.3 Å². The van der Waals surface area contributed by atoms with Gasteiger partial charge in [-0.3, -0.25) is 14.4 Å². The molecule has 2 aromatic carbocycles. The van der Waals surface area contributed by atoms with Crippen LogP contribution in [0.15, 0.2) is 53.4 Å². The van der Waals surface area contributed by atoms with E-state index in [0.717, 1.165) is 31.4 Å². The summed E-state index contributed by atoms with van der Waals surface area (Å²) in [5.41, 5.74) is 2.55. The Bertz CT molecular complexity index is 1180. The third kappa shape index (κ3) is 4.36. The highest BCUT2D eigenvalue weighted by Gasteiger charge is 2.26. The minimum absolute atomic E-state index is 0.129. The predicted molar refractivity (Wildman–Crippen MR) is 125 cm³/mol. The highest BCUT2D eigenvalue weighted by atomic mass is 32.2. The van der Waals surface area contributed by atoms with E-state index >= 15 is 0 Å². The molecule has 1 N–H and O–H groups in total. The van der Waals surface area contributed by atoms with Crippen molar-refractivity contribution in [2.45, 2.75) is 44.4 Å². The molecule has 0 aliphatic heterocycles. The number of nitrogens with zero attached hydrogens (tertiary/aromatic N) is 2. The number of hydrogen-bond donors (Lipinski definition) is 1. The normalized spacial score (nSPS) is 13.5. The molecule has 0 atom stereocenters. The van der Waals surface area contributed by atoms with Gasteiger partial charge in [-0.2, -0.15) is 0 Å². The van der Waals surface area contributed by atoms with Gasteiger partial charge in [0.05, 0.1) is 16.3 Å². The topological polar surface area (TPSA) is 79.4 Å². The SMILES string of the molecule is CCN(c1ccccc1)S(=O)(=O)c1cc(C(=O)Nc2nc3c(s2)CCCC3)ccc1C. The van der Waals surface area contributed by atoms with Crippen LogP contribution in [-0.2, 0) is 22.9 Å². The molecule has 1 heterocycles. The second-order valence-electron chi connectivity index (χ2n) is 7.54.